The minimum absolute atomic E-state index is 0.00415. The van der Waals surface area contributed by atoms with E-state index in [1.54, 1.807) is 13.0 Å². The maximum Gasteiger partial charge on any atom is 0.377 e. The number of nitrogens with zero attached hydrogens (tertiary/aromatic N) is 5. The maximum absolute atomic E-state index is 14.9. The van der Waals surface area contributed by atoms with Gasteiger partial charge in [-0.05, 0) is 66.4 Å². The van der Waals surface area contributed by atoms with Crippen LogP contribution in [0.15, 0.2) is 41.2 Å². The van der Waals surface area contributed by atoms with E-state index in [9.17, 15) is 22.8 Å². The van der Waals surface area contributed by atoms with Crippen LogP contribution in [-0.2, 0) is 0 Å². The van der Waals surface area contributed by atoms with Crippen LogP contribution in [0.5, 0.6) is 0 Å². The third-order valence-corrected chi connectivity index (χ3v) is 6.05. The third-order valence-electron chi connectivity index (χ3n) is 6.05. The van der Waals surface area contributed by atoms with Crippen molar-refractivity contribution in [2.75, 3.05) is 11.4 Å². The number of hydrogen-bond donors (Lipinski definition) is 0. The lowest BCUT2D eigenvalue weighted by atomic mass is 9.87. The summed E-state index contributed by atoms with van der Waals surface area (Å²) in [5.74, 6) is 3.87. The van der Waals surface area contributed by atoms with Gasteiger partial charge in [-0.3, -0.25) is 4.90 Å². The molecule has 0 aliphatic heterocycles. The van der Waals surface area contributed by atoms with E-state index < -0.39 is 34.9 Å². The Labute approximate surface area is 200 Å². The summed E-state index contributed by atoms with van der Waals surface area (Å²) in [6, 6.07) is 6.21. The van der Waals surface area contributed by atoms with Gasteiger partial charge in [-0.25, -0.2) is 22.8 Å². The average Bonchev–Trinajstić information content (AvgIpc) is 3.22. The summed E-state index contributed by atoms with van der Waals surface area (Å²) < 4.78 is 43.7. The number of hydrogen-bond acceptors (Lipinski definition) is 4. The molecule has 1 heterocycles. The van der Waals surface area contributed by atoms with Crippen LogP contribution in [0.4, 0.5) is 23.7 Å². The second kappa shape index (κ2) is 10.6. The van der Waals surface area contributed by atoms with E-state index in [1.807, 2.05) is 0 Å². The number of aromatic nitrogens is 4. The predicted octanol–water partition coefficient (Wildman–Crippen LogP) is 4.66. The van der Waals surface area contributed by atoms with Gasteiger partial charge < -0.3 is 0 Å². The lowest BCUT2D eigenvalue weighted by molar-refractivity contribution is 0.244. The fourth-order valence-electron chi connectivity index (χ4n) is 4.21. The Morgan fingerprint density at radius 1 is 1.06 bits per heavy atom. The molecule has 0 saturated heterocycles. The largest absolute Gasteiger partial charge is 0.377 e. The highest BCUT2D eigenvalue weighted by Gasteiger charge is 2.25. The Morgan fingerprint density at radius 2 is 1.77 bits per heavy atom. The van der Waals surface area contributed by atoms with Crippen LogP contribution >= 0.6 is 0 Å². The molecule has 1 aliphatic carbocycles. The SMILES string of the molecule is CCN(C(=O)n1nnn(-c2c(F)cccc2F)c1=O)c1ccc(C#CCC2CCCCC2)cc1F. The Hall–Kier alpha value is -3.87. The van der Waals surface area contributed by atoms with Gasteiger partial charge in [0.2, 0.25) is 0 Å². The molecular weight excluding hydrogens is 459 g/mol. The number of tetrazole rings is 1. The van der Waals surface area contributed by atoms with E-state index in [2.05, 4.69) is 22.3 Å². The molecule has 0 unspecified atom stereocenters. The Balaban J connectivity index is 1.56. The zero-order valence-corrected chi connectivity index (χ0v) is 19.2. The monoisotopic (exact) mass is 483 g/mol. The standard InChI is InChI=1S/C25H24F3N5O2/c1-2-31(22-15-14-18(16-21(22)28)11-6-10-17-8-4-3-5-9-17)24(34)33-25(35)32(29-30-33)23-19(26)12-7-13-20(23)27/h7,12-17H,2-5,8-10H2,1H3. The third kappa shape index (κ3) is 5.14. The maximum atomic E-state index is 14.9. The van der Waals surface area contributed by atoms with Crippen molar-refractivity contribution in [2.45, 2.75) is 45.4 Å². The van der Waals surface area contributed by atoms with Crippen LogP contribution in [0.25, 0.3) is 5.69 Å². The molecule has 0 N–H and O–H groups in total. The van der Waals surface area contributed by atoms with Crippen molar-refractivity contribution in [3.63, 3.8) is 0 Å². The molecule has 1 fully saturated rings. The molecule has 4 rings (SSSR count). The van der Waals surface area contributed by atoms with Gasteiger partial charge in [0.05, 0.1) is 5.69 Å². The van der Waals surface area contributed by atoms with Crippen molar-refractivity contribution in [1.82, 2.24) is 19.8 Å². The number of halogens is 3. The summed E-state index contributed by atoms with van der Waals surface area (Å²) in [5, 5.41) is 6.87. The topological polar surface area (TPSA) is 73.0 Å². The molecule has 7 nitrogen and oxygen atoms in total. The highest BCUT2D eigenvalue weighted by Crippen LogP contribution is 2.26. The first kappa shape index (κ1) is 24.3. The summed E-state index contributed by atoms with van der Waals surface area (Å²) >= 11 is 0. The van der Waals surface area contributed by atoms with E-state index in [4.69, 9.17) is 0 Å². The van der Waals surface area contributed by atoms with E-state index in [0.717, 1.165) is 29.5 Å². The first-order valence-corrected chi connectivity index (χ1v) is 11.5. The Kier molecular flexibility index (Phi) is 7.34. The zero-order chi connectivity index (χ0) is 24.9. The summed E-state index contributed by atoms with van der Waals surface area (Å²) in [5.41, 5.74) is -1.57. The van der Waals surface area contributed by atoms with Crippen LogP contribution in [0.1, 0.15) is 51.0 Å². The Bertz CT molecular complexity index is 1330. The van der Waals surface area contributed by atoms with Crippen LogP contribution < -0.4 is 10.6 Å². The van der Waals surface area contributed by atoms with Crippen molar-refractivity contribution in [2.24, 2.45) is 5.92 Å². The molecule has 182 valence electrons. The molecule has 3 aromatic rings. The smallest absolute Gasteiger partial charge is 0.290 e. The molecule has 1 aromatic heterocycles. The van der Waals surface area contributed by atoms with Crippen molar-refractivity contribution < 1.29 is 18.0 Å². The van der Waals surface area contributed by atoms with Crippen LogP contribution in [-0.4, -0.2) is 32.4 Å². The van der Waals surface area contributed by atoms with E-state index in [-0.39, 0.29) is 12.2 Å². The van der Waals surface area contributed by atoms with Crippen molar-refractivity contribution in [3.05, 3.63) is 69.9 Å². The zero-order valence-electron chi connectivity index (χ0n) is 19.2. The van der Waals surface area contributed by atoms with Gasteiger partial charge in [0.15, 0.2) is 11.6 Å². The highest BCUT2D eigenvalue weighted by molar-refractivity contribution is 5.93. The fraction of sp³-hybridized carbons (Fsp3) is 0.360. The van der Waals surface area contributed by atoms with Gasteiger partial charge >= 0.3 is 11.7 Å². The van der Waals surface area contributed by atoms with Crippen molar-refractivity contribution in [1.29, 1.82) is 0 Å². The molecule has 0 radical (unpaired) electrons. The van der Waals surface area contributed by atoms with Gasteiger partial charge in [0.25, 0.3) is 0 Å². The second-order valence-corrected chi connectivity index (χ2v) is 8.36. The number of anilines is 1. The van der Waals surface area contributed by atoms with Crippen LogP contribution in [0, 0.1) is 35.2 Å². The van der Waals surface area contributed by atoms with E-state index in [1.165, 1.54) is 44.2 Å². The first-order valence-electron chi connectivity index (χ1n) is 11.5. The van der Waals surface area contributed by atoms with Crippen molar-refractivity contribution in [3.8, 4) is 17.5 Å². The minimum atomic E-state index is -1.19. The van der Waals surface area contributed by atoms with Gasteiger partial charge in [-0.15, -0.1) is 4.68 Å². The second-order valence-electron chi connectivity index (χ2n) is 8.36. The molecule has 10 heteroatoms. The van der Waals surface area contributed by atoms with Crippen molar-refractivity contribution >= 4 is 11.7 Å². The summed E-state index contributed by atoms with van der Waals surface area (Å²) in [4.78, 5) is 26.6. The normalized spacial score (nSPS) is 13.8. The minimum Gasteiger partial charge on any atom is -0.290 e. The van der Waals surface area contributed by atoms with Gasteiger partial charge in [0.1, 0.15) is 11.5 Å². The molecule has 1 saturated carbocycles. The van der Waals surface area contributed by atoms with Crippen LogP contribution in [0.2, 0.25) is 0 Å². The fourth-order valence-corrected chi connectivity index (χ4v) is 4.21. The number of para-hydroxylation sites is 1. The first-order chi connectivity index (χ1) is 16.9. The van der Waals surface area contributed by atoms with E-state index >= 15 is 0 Å². The molecule has 0 spiro atoms. The molecule has 1 amide bonds. The average molecular weight is 483 g/mol. The molecule has 2 aromatic carbocycles. The molecule has 0 atom stereocenters. The van der Waals surface area contributed by atoms with Gasteiger partial charge in [-0.1, -0.05) is 37.2 Å². The molecular formula is C25H24F3N5O2. The predicted molar refractivity (Wildman–Crippen MR) is 124 cm³/mol. The van der Waals surface area contributed by atoms with Gasteiger partial charge in [-0.2, -0.15) is 4.68 Å². The molecule has 1 aliphatic rings. The summed E-state index contributed by atoms with van der Waals surface area (Å²) in [6.45, 7) is 1.58. The highest BCUT2D eigenvalue weighted by atomic mass is 19.1. The number of carbonyl (C=O) groups is 1. The molecule has 35 heavy (non-hydrogen) atoms. The molecule has 0 bridgehead atoms. The summed E-state index contributed by atoms with van der Waals surface area (Å²) in [6.07, 6.45) is 6.83. The number of rotatable bonds is 4. The lowest BCUT2D eigenvalue weighted by Crippen LogP contribution is -2.41. The Morgan fingerprint density at radius 3 is 2.43 bits per heavy atom. The summed E-state index contributed by atoms with van der Waals surface area (Å²) in [7, 11) is 0. The number of benzene rings is 2. The lowest BCUT2D eigenvalue weighted by Gasteiger charge is -2.20. The van der Waals surface area contributed by atoms with Crippen LogP contribution in [0.3, 0.4) is 0 Å². The van der Waals surface area contributed by atoms with E-state index in [0.29, 0.717) is 20.8 Å². The quantitative estimate of drug-likeness (QED) is 0.400. The van der Waals surface area contributed by atoms with Gasteiger partial charge in [0, 0.05) is 18.5 Å². The number of carbonyl (C=O) groups excluding carboxylic acids is 1. The number of amides is 1.